The van der Waals surface area contributed by atoms with Crippen molar-refractivity contribution in [2.45, 2.75) is 37.4 Å². The van der Waals surface area contributed by atoms with E-state index in [0.717, 1.165) is 63.7 Å². The van der Waals surface area contributed by atoms with Gasteiger partial charge in [0.2, 0.25) is 0 Å². The molecule has 1 fully saturated rings. The van der Waals surface area contributed by atoms with Crippen LogP contribution in [0.2, 0.25) is 5.02 Å². The molecule has 1 aromatic carbocycles. The Bertz CT molecular complexity index is 1230. The summed E-state index contributed by atoms with van der Waals surface area (Å²) in [6.45, 7) is 3.17. The number of hydrogen-bond donors (Lipinski definition) is 0. The summed E-state index contributed by atoms with van der Waals surface area (Å²) in [5.74, 6) is 1.61. The van der Waals surface area contributed by atoms with E-state index in [1.54, 1.807) is 30.5 Å². The van der Waals surface area contributed by atoms with Gasteiger partial charge in [-0.1, -0.05) is 23.7 Å². The summed E-state index contributed by atoms with van der Waals surface area (Å²) in [6.07, 6.45) is 11.5. The van der Waals surface area contributed by atoms with E-state index in [2.05, 4.69) is 9.97 Å². The minimum Gasteiger partial charge on any atom is -0.487 e. The summed E-state index contributed by atoms with van der Waals surface area (Å²) < 4.78 is 14.0. The number of thioether (sulfide) groups is 1. The first-order chi connectivity index (χ1) is 15.7. The van der Waals surface area contributed by atoms with E-state index in [4.69, 9.17) is 26.1 Å². The van der Waals surface area contributed by atoms with Crippen LogP contribution in [0.3, 0.4) is 0 Å². The van der Waals surface area contributed by atoms with Crippen LogP contribution in [0.4, 0.5) is 0 Å². The summed E-state index contributed by atoms with van der Waals surface area (Å²) in [4.78, 5) is 14.2. The molecule has 0 saturated carbocycles. The number of aromatic nitrogens is 4. The predicted octanol–water partition coefficient (Wildman–Crippen LogP) is 5.63. The van der Waals surface area contributed by atoms with E-state index in [9.17, 15) is 0 Å². The van der Waals surface area contributed by atoms with Crippen molar-refractivity contribution in [3.63, 3.8) is 0 Å². The molecule has 3 aromatic heterocycles. The molecule has 1 aliphatic heterocycles. The Kier molecular flexibility index (Phi) is 6.30. The second-order valence-electron chi connectivity index (χ2n) is 7.74. The topological polar surface area (TPSA) is 62.1 Å². The smallest absolute Gasteiger partial charge is 0.146 e. The van der Waals surface area contributed by atoms with Gasteiger partial charge in [-0.15, -0.1) is 11.8 Å². The van der Waals surface area contributed by atoms with Gasteiger partial charge in [0.25, 0.3) is 0 Å². The molecule has 0 unspecified atom stereocenters. The lowest BCUT2D eigenvalue weighted by Crippen LogP contribution is -2.08. The molecular weight excluding hydrogens is 444 g/mol. The number of imidazole rings is 1. The largest absolute Gasteiger partial charge is 0.487 e. The third-order valence-corrected chi connectivity index (χ3v) is 7.00. The van der Waals surface area contributed by atoms with Crippen molar-refractivity contribution in [2.24, 2.45) is 0 Å². The number of benzene rings is 1. The van der Waals surface area contributed by atoms with Gasteiger partial charge in [-0.3, -0.25) is 4.98 Å². The van der Waals surface area contributed by atoms with Crippen LogP contribution in [0.1, 0.15) is 24.1 Å². The Morgan fingerprint density at radius 3 is 3.03 bits per heavy atom. The Morgan fingerprint density at radius 1 is 1.28 bits per heavy atom. The highest BCUT2D eigenvalue weighted by atomic mass is 35.5. The van der Waals surface area contributed by atoms with Crippen LogP contribution >= 0.6 is 23.4 Å². The Balaban J connectivity index is 1.42. The number of nitrogens with zero attached hydrogens (tertiary/aromatic N) is 4. The van der Waals surface area contributed by atoms with Crippen LogP contribution in [0, 0.1) is 6.92 Å². The zero-order chi connectivity index (χ0) is 21.9. The van der Waals surface area contributed by atoms with Crippen LogP contribution < -0.4 is 4.74 Å². The van der Waals surface area contributed by atoms with Gasteiger partial charge in [-0.2, -0.15) is 0 Å². The fourth-order valence-electron chi connectivity index (χ4n) is 3.88. The lowest BCUT2D eigenvalue weighted by Gasteiger charge is -2.15. The second kappa shape index (κ2) is 9.48. The number of rotatable bonds is 7. The van der Waals surface area contributed by atoms with Gasteiger partial charge in [-0.25, -0.2) is 9.97 Å². The molecule has 164 valence electrons. The number of halogens is 1. The molecule has 8 heteroatoms. The number of hydrogen-bond acceptors (Lipinski definition) is 6. The number of pyridine rings is 2. The molecule has 0 spiro atoms. The zero-order valence-electron chi connectivity index (χ0n) is 17.7. The summed E-state index contributed by atoms with van der Waals surface area (Å²) in [5, 5.41) is 1.60. The predicted molar refractivity (Wildman–Crippen MR) is 127 cm³/mol. The number of aryl methyl sites for hydroxylation is 1. The van der Waals surface area contributed by atoms with Gasteiger partial charge in [0.1, 0.15) is 17.9 Å². The quantitative estimate of drug-likeness (QED) is 0.329. The van der Waals surface area contributed by atoms with Crippen molar-refractivity contribution in [1.82, 2.24) is 19.5 Å². The number of para-hydroxylation sites is 1. The minimum atomic E-state index is 0.291. The number of ether oxygens (including phenoxy) is 2. The first-order valence-corrected chi connectivity index (χ1v) is 11.9. The highest BCUT2D eigenvalue weighted by molar-refractivity contribution is 7.99. The van der Waals surface area contributed by atoms with E-state index in [1.165, 1.54) is 0 Å². The van der Waals surface area contributed by atoms with Gasteiger partial charge in [-0.05, 0) is 31.9 Å². The van der Waals surface area contributed by atoms with Crippen molar-refractivity contribution in [3.05, 3.63) is 71.7 Å². The molecule has 0 radical (unpaired) electrons. The third-order valence-electron chi connectivity index (χ3n) is 5.48. The standard InChI is InChI=1S/C24H23ClN4O2S/c1-16-10-21(29-8-7-26-15-29)18-5-2-6-22(24(18)28-16)31-13-19-20(25)11-27-12-23(19)32-14-17-4-3-9-30-17/h2,5-8,10-12,15,17H,3-4,9,13-14H2,1H3/t17-/m0/s1. The molecule has 4 heterocycles. The summed E-state index contributed by atoms with van der Waals surface area (Å²) >= 11 is 8.24. The molecule has 6 nitrogen and oxygen atoms in total. The average Bonchev–Trinajstić information content (AvgIpc) is 3.51. The van der Waals surface area contributed by atoms with Crippen molar-refractivity contribution < 1.29 is 9.47 Å². The molecule has 5 rings (SSSR count). The van der Waals surface area contributed by atoms with Crippen LogP contribution in [0.5, 0.6) is 5.75 Å². The normalized spacial score (nSPS) is 16.0. The maximum Gasteiger partial charge on any atom is 0.146 e. The van der Waals surface area contributed by atoms with Crippen LogP contribution in [-0.4, -0.2) is 38.0 Å². The Morgan fingerprint density at radius 2 is 2.22 bits per heavy atom. The first kappa shape index (κ1) is 21.2. The highest BCUT2D eigenvalue weighted by Crippen LogP contribution is 2.33. The van der Waals surface area contributed by atoms with Crippen LogP contribution in [0.15, 0.2) is 60.3 Å². The fourth-order valence-corrected chi connectivity index (χ4v) is 5.25. The fraction of sp³-hybridized carbons (Fsp3) is 0.292. The SMILES string of the molecule is Cc1cc(-n2ccnc2)c2cccc(OCc3c(Cl)cncc3SC[C@@H]3CCCO3)c2n1. The molecule has 0 N–H and O–H groups in total. The lowest BCUT2D eigenvalue weighted by molar-refractivity contribution is 0.129. The van der Waals surface area contributed by atoms with E-state index in [1.807, 2.05) is 48.1 Å². The van der Waals surface area contributed by atoms with Crippen LogP contribution in [-0.2, 0) is 11.3 Å². The molecule has 0 aliphatic carbocycles. The summed E-state index contributed by atoms with van der Waals surface area (Å²) in [6, 6.07) is 8.02. The lowest BCUT2D eigenvalue weighted by atomic mass is 10.1. The van der Waals surface area contributed by atoms with E-state index in [0.29, 0.717) is 17.7 Å². The van der Waals surface area contributed by atoms with Gasteiger partial charge in [0.05, 0.1) is 23.1 Å². The molecule has 4 aromatic rings. The van der Waals surface area contributed by atoms with E-state index in [-0.39, 0.29) is 0 Å². The molecule has 1 saturated heterocycles. The Labute approximate surface area is 196 Å². The molecule has 0 amide bonds. The van der Waals surface area contributed by atoms with E-state index < -0.39 is 0 Å². The second-order valence-corrected chi connectivity index (χ2v) is 9.21. The van der Waals surface area contributed by atoms with E-state index >= 15 is 0 Å². The average molecular weight is 467 g/mol. The Hall–Kier alpha value is -2.61. The van der Waals surface area contributed by atoms with Gasteiger partial charge in [0.15, 0.2) is 0 Å². The molecule has 1 atom stereocenters. The molecule has 0 bridgehead atoms. The van der Waals surface area contributed by atoms with Crippen LogP contribution in [0.25, 0.3) is 16.6 Å². The van der Waals surface area contributed by atoms with Crippen molar-refractivity contribution in [3.8, 4) is 11.4 Å². The van der Waals surface area contributed by atoms with Gasteiger partial charge >= 0.3 is 0 Å². The van der Waals surface area contributed by atoms with Gasteiger partial charge in [0, 0.05) is 58.7 Å². The monoisotopic (exact) mass is 466 g/mol. The highest BCUT2D eigenvalue weighted by Gasteiger charge is 2.18. The summed E-state index contributed by atoms with van der Waals surface area (Å²) in [7, 11) is 0. The molecule has 32 heavy (non-hydrogen) atoms. The minimum absolute atomic E-state index is 0.291. The maximum atomic E-state index is 6.51. The first-order valence-electron chi connectivity index (χ1n) is 10.6. The van der Waals surface area contributed by atoms with Crippen molar-refractivity contribution in [1.29, 1.82) is 0 Å². The van der Waals surface area contributed by atoms with Crippen molar-refractivity contribution >= 4 is 34.3 Å². The van der Waals surface area contributed by atoms with Crippen molar-refractivity contribution in [2.75, 3.05) is 12.4 Å². The number of fused-ring (bicyclic) bond motifs is 1. The maximum absolute atomic E-state index is 6.51. The molecule has 1 aliphatic rings. The molecular formula is C24H23ClN4O2S. The summed E-state index contributed by atoms with van der Waals surface area (Å²) in [5.41, 5.74) is 3.68. The third kappa shape index (κ3) is 4.46. The zero-order valence-corrected chi connectivity index (χ0v) is 19.3. The van der Waals surface area contributed by atoms with Gasteiger partial charge < -0.3 is 14.0 Å².